The average Bonchev–Trinajstić information content (AvgIpc) is 3.44. The summed E-state index contributed by atoms with van der Waals surface area (Å²) >= 11 is 6.54. The molecule has 3 nitrogen and oxygen atoms in total. The maximum Gasteiger partial charge on any atom is 0.417 e. The average molecular weight is 476 g/mol. The first-order chi connectivity index (χ1) is 15.8. The fraction of sp³-hybridized carbons (Fsp3) is 0.308. The predicted molar refractivity (Wildman–Crippen MR) is 125 cm³/mol. The molecule has 1 aromatic heterocycles. The molecule has 0 atom stereocenters. The molecule has 0 radical (unpaired) electrons. The second kappa shape index (κ2) is 9.56. The fourth-order valence-electron chi connectivity index (χ4n) is 4.10. The predicted octanol–water partition coefficient (Wildman–Crippen LogP) is 8.08. The Balaban J connectivity index is 1.52. The number of alkyl halides is 3. The summed E-state index contributed by atoms with van der Waals surface area (Å²) in [6.45, 7) is 3.84. The SMILES string of the molecule is C=C(CCc1[nH]c2ccc(OCc3ccc(C4=CCCC4)c(C(F)(F)F)c3)cc2c1Cl)OC. The zero-order valence-electron chi connectivity index (χ0n) is 18.3. The van der Waals surface area contributed by atoms with Gasteiger partial charge in [-0.05, 0) is 66.6 Å². The molecule has 174 valence electrons. The van der Waals surface area contributed by atoms with Gasteiger partial charge in [-0.2, -0.15) is 13.2 Å². The second-order valence-electron chi connectivity index (χ2n) is 8.16. The molecule has 1 heterocycles. The van der Waals surface area contributed by atoms with Crippen molar-refractivity contribution in [3.05, 3.63) is 82.2 Å². The van der Waals surface area contributed by atoms with Crippen LogP contribution in [0.5, 0.6) is 5.75 Å². The molecule has 1 aliphatic carbocycles. The second-order valence-corrected chi connectivity index (χ2v) is 8.53. The molecular formula is C26H25ClF3NO2. The highest BCUT2D eigenvalue weighted by molar-refractivity contribution is 6.36. The molecule has 0 amide bonds. The number of nitrogens with one attached hydrogen (secondary N) is 1. The van der Waals surface area contributed by atoms with Crippen molar-refractivity contribution < 1.29 is 22.6 Å². The lowest BCUT2D eigenvalue weighted by atomic mass is 9.96. The number of fused-ring (bicyclic) bond motifs is 1. The molecule has 0 saturated carbocycles. The third-order valence-electron chi connectivity index (χ3n) is 5.90. The van der Waals surface area contributed by atoms with E-state index in [0.29, 0.717) is 41.4 Å². The van der Waals surface area contributed by atoms with Crippen molar-refractivity contribution >= 4 is 28.1 Å². The van der Waals surface area contributed by atoms with Gasteiger partial charge in [-0.15, -0.1) is 0 Å². The van der Waals surface area contributed by atoms with E-state index in [1.54, 1.807) is 31.4 Å². The molecular weight excluding hydrogens is 451 g/mol. The van der Waals surface area contributed by atoms with E-state index in [0.717, 1.165) is 35.0 Å². The molecule has 1 aliphatic rings. The lowest BCUT2D eigenvalue weighted by Gasteiger charge is -2.16. The van der Waals surface area contributed by atoms with Gasteiger partial charge in [0.1, 0.15) is 12.4 Å². The van der Waals surface area contributed by atoms with Crippen molar-refractivity contribution in [1.82, 2.24) is 4.98 Å². The number of allylic oxidation sites excluding steroid dienone is 3. The van der Waals surface area contributed by atoms with E-state index in [-0.39, 0.29) is 12.2 Å². The third-order valence-corrected chi connectivity index (χ3v) is 6.33. The Morgan fingerprint density at radius 3 is 2.70 bits per heavy atom. The fourth-order valence-corrected chi connectivity index (χ4v) is 4.40. The van der Waals surface area contributed by atoms with E-state index in [2.05, 4.69) is 11.6 Å². The first-order valence-electron chi connectivity index (χ1n) is 10.8. The number of hydrogen-bond donors (Lipinski definition) is 1. The molecule has 33 heavy (non-hydrogen) atoms. The van der Waals surface area contributed by atoms with Crippen molar-refractivity contribution in [2.75, 3.05) is 7.11 Å². The highest BCUT2D eigenvalue weighted by Crippen LogP contribution is 2.39. The number of aromatic nitrogens is 1. The Hall–Kier alpha value is -2.86. The van der Waals surface area contributed by atoms with E-state index in [9.17, 15) is 13.2 Å². The molecule has 0 bridgehead atoms. The third kappa shape index (κ3) is 5.22. The van der Waals surface area contributed by atoms with Gasteiger partial charge in [0, 0.05) is 23.0 Å². The topological polar surface area (TPSA) is 34.2 Å². The Labute approximate surface area is 195 Å². The Kier molecular flexibility index (Phi) is 6.75. The van der Waals surface area contributed by atoms with Crippen LogP contribution in [-0.2, 0) is 23.9 Å². The zero-order valence-corrected chi connectivity index (χ0v) is 19.1. The lowest BCUT2D eigenvalue weighted by molar-refractivity contribution is -0.137. The van der Waals surface area contributed by atoms with E-state index in [1.165, 1.54) is 6.07 Å². The van der Waals surface area contributed by atoms with Crippen molar-refractivity contribution in [3.8, 4) is 5.75 Å². The first kappa shape index (κ1) is 23.3. The minimum Gasteiger partial charge on any atom is -0.502 e. The standard InChI is InChI=1S/C26H25ClF3NO2/c1-16(32-2)7-11-24-25(27)21-14-19(9-12-23(21)31-24)33-15-17-8-10-20(18-5-3-4-6-18)22(13-17)26(28,29)30/h5,8-10,12-14,31H,1,3-4,6-7,11,15H2,2H3. The number of halogens is 4. The van der Waals surface area contributed by atoms with Crippen LogP contribution in [0.1, 0.15) is 48.1 Å². The highest BCUT2D eigenvalue weighted by atomic mass is 35.5. The largest absolute Gasteiger partial charge is 0.502 e. The van der Waals surface area contributed by atoms with Crippen LogP contribution in [0.2, 0.25) is 5.02 Å². The monoisotopic (exact) mass is 475 g/mol. The van der Waals surface area contributed by atoms with Gasteiger partial charge in [0.15, 0.2) is 0 Å². The molecule has 0 fully saturated rings. The van der Waals surface area contributed by atoms with Gasteiger partial charge in [-0.3, -0.25) is 0 Å². The molecule has 0 aliphatic heterocycles. The molecule has 0 unspecified atom stereocenters. The zero-order chi connectivity index (χ0) is 23.6. The van der Waals surface area contributed by atoms with Gasteiger partial charge in [0.2, 0.25) is 0 Å². The molecule has 3 aromatic rings. The first-order valence-corrected chi connectivity index (χ1v) is 11.2. The normalized spacial score (nSPS) is 13.9. The van der Waals surface area contributed by atoms with Gasteiger partial charge >= 0.3 is 6.18 Å². The lowest BCUT2D eigenvalue weighted by Crippen LogP contribution is -2.10. The molecule has 4 rings (SSSR count). The number of aromatic amines is 1. The van der Waals surface area contributed by atoms with Crippen molar-refractivity contribution in [2.45, 2.75) is 44.9 Å². The number of aryl methyl sites for hydroxylation is 1. The van der Waals surface area contributed by atoms with Gasteiger partial charge in [0.25, 0.3) is 0 Å². The van der Waals surface area contributed by atoms with Gasteiger partial charge in [0.05, 0.1) is 23.5 Å². The summed E-state index contributed by atoms with van der Waals surface area (Å²) in [5, 5.41) is 1.39. The maximum absolute atomic E-state index is 13.7. The van der Waals surface area contributed by atoms with Crippen molar-refractivity contribution in [2.24, 2.45) is 0 Å². The highest BCUT2D eigenvalue weighted by Gasteiger charge is 2.34. The molecule has 0 spiro atoms. The van der Waals surface area contributed by atoms with Crippen LogP contribution < -0.4 is 4.74 Å². The number of ether oxygens (including phenoxy) is 2. The van der Waals surface area contributed by atoms with E-state index < -0.39 is 11.7 Å². The van der Waals surface area contributed by atoms with Crippen LogP contribution in [0.15, 0.2) is 54.8 Å². The summed E-state index contributed by atoms with van der Waals surface area (Å²) < 4.78 is 52.0. The van der Waals surface area contributed by atoms with Crippen LogP contribution in [-0.4, -0.2) is 12.1 Å². The Morgan fingerprint density at radius 1 is 1.18 bits per heavy atom. The quantitative estimate of drug-likeness (QED) is 0.334. The van der Waals surface area contributed by atoms with E-state index in [1.807, 2.05) is 12.1 Å². The smallest absolute Gasteiger partial charge is 0.417 e. The van der Waals surface area contributed by atoms with Crippen LogP contribution in [0.4, 0.5) is 13.2 Å². The molecule has 1 N–H and O–H groups in total. The van der Waals surface area contributed by atoms with Crippen molar-refractivity contribution in [3.63, 3.8) is 0 Å². The number of methoxy groups -OCH3 is 1. The van der Waals surface area contributed by atoms with Crippen LogP contribution in [0, 0.1) is 0 Å². The van der Waals surface area contributed by atoms with Crippen LogP contribution in [0.3, 0.4) is 0 Å². The molecule has 7 heteroatoms. The van der Waals surface area contributed by atoms with Gasteiger partial charge in [-0.25, -0.2) is 0 Å². The minimum atomic E-state index is -4.42. The van der Waals surface area contributed by atoms with Gasteiger partial charge < -0.3 is 14.5 Å². The minimum absolute atomic E-state index is 0.0243. The summed E-state index contributed by atoms with van der Waals surface area (Å²) in [4.78, 5) is 3.29. The van der Waals surface area contributed by atoms with Crippen LogP contribution >= 0.6 is 11.6 Å². The number of rotatable bonds is 8. The molecule has 0 saturated heterocycles. The number of H-pyrrole nitrogens is 1. The molecule has 2 aromatic carbocycles. The maximum atomic E-state index is 13.7. The Morgan fingerprint density at radius 2 is 2.00 bits per heavy atom. The summed E-state index contributed by atoms with van der Waals surface area (Å²) in [5.74, 6) is 1.20. The number of benzene rings is 2. The summed E-state index contributed by atoms with van der Waals surface area (Å²) in [7, 11) is 1.58. The van der Waals surface area contributed by atoms with Gasteiger partial charge in [-0.1, -0.05) is 36.4 Å². The number of hydrogen-bond acceptors (Lipinski definition) is 2. The Bertz CT molecular complexity index is 1210. The van der Waals surface area contributed by atoms with Crippen LogP contribution in [0.25, 0.3) is 16.5 Å². The van der Waals surface area contributed by atoms with E-state index >= 15 is 0 Å². The summed E-state index contributed by atoms with van der Waals surface area (Å²) in [6.07, 6.45) is 1.17. The summed E-state index contributed by atoms with van der Waals surface area (Å²) in [5.41, 5.74) is 2.62. The van der Waals surface area contributed by atoms with E-state index in [4.69, 9.17) is 21.1 Å². The summed E-state index contributed by atoms with van der Waals surface area (Å²) in [6, 6.07) is 9.87. The van der Waals surface area contributed by atoms with Crippen molar-refractivity contribution in [1.29, 1.82) is 0 Å².